The molecule has 0 spiro atoms. The highest BCUT2D eigenvalue weighted by Gasteiger charge is 2.41. The fraction of sp³-hybridized carbons (Fsp3) is 0.0909. The normalized spacial score (nSPS) is 13.9. The molecule has 0 aliphatic carbocycles. The van der Waals surface area contributed by atoms with Gasteiger partial charge in [-0.05, 0) is 48.7 Å². The summed E-state index contributed by atoms with van der Waals surface area (Å²) in [7, 11) is 0. The molecule has 2 amide bonds. The van der Waals surface area contributed by atoms with E-state index in [0.29, 0.717) is 39.2 Å². The summed E-state index contributed by atoms with van der Waals surface area (Å²) in [5, 5.41) is 5.46. The Labute approximate surface area is 177 Å². The first kappa shape index (κ1) is 19.2. The molecule has 7 heteroatoms. The monoisotopic (exact) mass is 424 g/mol. The molecule has 1 N–H and O–H groups in total. The van der Waals surface area contributed by atoms with Gasteiger partial charge < -0.3 is 10.1 Å². The van der Waals surface area contributed by atoms with Gasteiger partial charge in [0.2, 0.25) is 0 Å². The number of nitrogens with one attached hydrogen (secondary N) is 1. The summed E-state index contributed by atoms with van der Waals surface area (Å²) < 4.78 is 5.65. The number of hydrogen-bond donors (Lipinski definition) is 1. The zero-order chi connectivity index (χ0) is 20.4. The molecule has 0 saturated carbocycles. The minimum atomic E-state index is -0.438. The number of imide groups is 1. The van der Waals surface area contributed by atoms with Crippen LogP contribution in [0.25, 0.3) is 5.57 Å². The smallest absolute Gasteiger partial charge is 0.282 e. The van der Waals surface area contributed by atoms with Crippen molar-refractivity contribution in [3.8, 4) is 5.75 Å². The molecule has 1 aromatic heterocycles. The van der Waals surface area contributed by atoms with E-state index < -0.39 is 11.8 Å². The number of thiophene rings is 1. The van der Waals surface area contributed by atoms with Crippen molar-refractivity contribution in [3.63, 3.8) is 0 Å². The highest BCUT2D eigenvalue weighted by Crippen LogP contribution is 2.37. The van der Waals surface area contributed by atoms with Gasteiger partial charge in [-0.2, -0.15) is 0 Å². The summed E-state index contributed by atoms with van der Waals surface area (Å²) in [6.07, 6.45) is 0. The molecule has 0 bridgehead atoms. The lowest BCUT2D eigenvalue weighted by molar-refractivity contribution is -0.120. The zero-order valence-electron chi connectivity index (χ0n) is 15.5. The number of hydrogen-bond acceptors (Lipinski definition) is 5. The summed E-state index contributed by atoms with van der Waals surface area (Å²) in [6.45, 7) is 2.37. The van der Waals surface area contributed by atoms with Gasteiger partial charge in [0.25, 0.3) is 11.8 Å². The Kier molecular flexibility index (Phi) is 5.38. The van der Waals surface area contributed by atoms with E-state index in [1.165, 1.54) is 11.3 Å². The lowest BCUT2D eigenvalue weighted by Crippen LogP contribution is -2.32. The summed E-state index contributed by atoms with van der Waals surface area (Å²) in [5.41, 5.74) is 1.59. The first-order chi connectivity index (χ1) is 14.1. The second-order valence-electron chi connectivity index (χ2n) is 6.21. The van der Waals surface area contributed by atoms with Gasteiger partial charge >= 0.3 is 0 Å². The van der Waals surface area contributed by atoms with Crippen LogP contribution in [0.2, 0.25) is 5.02 Å². The van der Waals surface area contributed by atoms with Crippen molar-refractivity contribution < 1.29 is 14.3 Å². The molecule has 2 aromatic carbocycles. The van der Waals surface area contributed by atoms with E-state index in [1.807, 2.05) is 48.7 Å². The molecule has 5 nitrogen and oxygen atoms in total. The largest absolute Gasteiger partial charge is 0.492 e. The molecule has 0 fully saturated rings. The van der Waals surface area contributed by atoms with Crippen molar-refractivity contribution in [1.82, 2.24) is 0 Å². The molecule has 0 saturated heterocycles. The van der Waals surface area contributed by atoms with Crippen molar-refractivity contribution in [1.29, 1.82) is 0 Å². The Morgan fingerprint density at radius 2 is 1.86 bits per heavy atom. The van der Waals surface area contributed by atoms with E-state index in [-0.39, 0.29) is 5.70 Å². The average Bonchev–Trinajstić information content (AvgIpc) is 3.30. The highest BCUT2D eigenvalue weighted by atomic mass is 35.5. The fourth-order valence-electron chi connectivity index (χ4n) is 3.13. The van der Waals surface area contributed by atoms with Gasteiger partial charge in [-0.3, -0.25) is 9.59 Å². The predicted molar refractivity (Wildman–Crippen MR) is 116 cm³/mol. The van der Waals surface area contributed by atoms with Crippen LogP contribution < -0.4 is 15.0 Å². The first-order valence-electron chi connectivity index (χ1n) is 9.01. The van der Waals surface area contributed by atoms with Crippen LogP contribution in [0.3, 0.4) is 0 Å². The number of amides is 2. The molecule has 1 aliphatic heterocycles. The molecule has 0 radical (unpaired) electrons. The molecule has 1 aliphatic rings. The van der Waals surface area contributed by atoms with Crippen LogP contribution in [0.1, 0.15) is 11.8 Å². The second-order valence-corrected chi connectivity index (χ2v) is 7.59. The zero-order valence-corrected chi connectivity index (χ0v) is 17.1. The number of ether oxygens (including phenoxy) is 1. The molecular formula is C22H17ClN2O3S. The second kappa shape index (κ2) is 8.11. The lowest BCUT2D eigenvalue weighted by Gasteiger charge is -2.16. The number of benzene rings is 2. The third kappa shape index (κ3) is 3.64. The van der Waals surface area contributed by atoms with E-state index in [2.05, 4.69) is 5.32 Å². The van der Waals surface area contributed by atoms with Crippen LogP contribution in [0, 0.1) is 0 Å². The first-order valence-corrected chi connectivity index (χ1v) is 10.3. The van der Waals surface area contributed by atoms with Crippen molar-refractivity contribution >= 4 is 51.7 Å². The molecular weight excluding hydrogens is 408 g/mol. The minimum absolute atomic E-state index is 0.213. The Morgan fingerprint density at radius 3 is 2.59 bits per heavy atom. The van der Waals surface area contributed by atoms with E-state index in [1.54, 1.807) is 24.3 Å². The fourth-order valence-corrected chi connectivity index (χ4v) is 4.08. The van der Waals surface area contributed by atoms with E-state index in [0.717, 1.165) is 4.90 Å². The van der Waals surface area contributed by atoms with Crippen LogP contribution >= 0.6 is 22.9 Å². The van der Waals surface area contributed by atoms with Gasteiger partial charge in [0.15, 0.2) is 0 Å². The molecule has 29 heavy (non-hydrogen) atoms. The molecule has 146 valence electrons. The Bertz CT molecular complexity index is 1110. The van der Waals surface area contributed by atoms with Crippen molar-refractivity contribution in [3.05, 3.63) is 81.6 Å². The highest BCUT2D eigenvalue weighted by molar-refractivity contribution is 7.11. The van der Waals surface area contributed by atoms with Crippen LogP contribution in [-0.2, 0) is 9.59 Å². The quantitative estimate of drug-likeness (QED) is 0.553. The van der Waals surface area contributed by atoms with Gasteiger partial charge in [0.1, 0.15) is 11.4 Å². The Morgan fingerprint density at radius 1 is 1.03 bits per heavy atom. The number of para-hydroxylation sites is 2. The van der Waals surface area contributed by atoms with Gasteiger partial charge in [0.05, 0.1) is 23.6 Å². The average molecular weight is 425 g/mol. The Balaban J connectivity index is 1.80. The molecule has 3 aromatic rings. The van der Waals surface area contributed by atoms with E-state index >= 15 is 0 Å². The van der Waals surface area contributed by atoms with Crippen LogP contribution in [0.4, 0.5) is 11.4 Å². The summed E-state index contributed by atoms with van der Waals surface area (Å²) in [6, 6.07) is 17.7. The molecule has 0 atom stereocenters. The number of rotatable bonds is 6. The topological polar surface area (TPSA) is 58.6 Å². The van der Waals surface area contributed by atoms with Gasteiger partial charge in [0, 0.05) is 9.90 Å². The minimum Gasteiger partial charge on any atom is -0.492 e. The van der Waals surface area contributed by atoms with Crippen molar-refractivity contribution in [2.75, 3.05) is 16.8 Å². The maximum absolute atomic E-state index is 13.3. The summed E-state index contributed by atoms with van der Waals surface area (Å²) in [5.74, 6) is -0.224. The van der Waals surface area contributed by atoms with Crippen LogP contribution in [0.15, 0.2) is 71.7 Å². The van der Waals surface area contributed by atoms with Crippen molar-refractivity contribution in [2.24, 2.45) is 0 Å². The van der Waals surface area contributed by atoms with Gasteiger partial charge in [-0.15, -0.1) is 11.3 Å². The van der Waals surface area contributed by atoms with Crippen LogP contribution in [-0.4, -0.2) is 18.4 Å². The Hall–Kier alpha value is -3.09. The third-order valence-corrected chi connectivity index (χ3v) is 5.49. The number of nitrogens with zero attached hydrogens (tertiary/aromatic N) is 1. The maximum atomic E-state index is 13.3. The van der Waals surface area contributed by atoms with E-state index in [9.17, 15) is 9.59 Å². The standard InChI is InChI=1S/C22H17ClN2O3S/c1-2-28-17-10-4-3-9-16(17)24-20-19(18-11-6-12-29-18)21(26)25(22(20)27)15-8-5-7-14(23)13-15/h3-13,24H,2H2,1H3. The van der Waals surface area contributed by atoms with Gasteiger partial charge in [-0.25, -0.2) is 4.90 Å². The molecule has 4 rings (SSSR count). The SMILES string of the molecule is CCOc1ccccc1NC1=C(c2cccs2)C(=O)N(c2cccc(Cl)c2)C1=O. The van der Waals surface area contributed by atoms with Crippen LogP contribution in [0.5, 0.6) is 5.75 Å². The van der Waals surface area contributed by atoms with Gasteiger partial charge in [-0.1, -0.05) is 35.9 Å². The lowest BCUT2D eigenvalue weighted by atomic mass is 10.1. The number of anilines is 2. The molecule has 0 unspecified atom stereocenters. The molecule has 2 heterocycles. The maximum Gasteiger partial charge on any atom is 0.282 e. The summed E-state index contributed by atoms with van der Waals surface area (Å²) in [4.78, 5) is 28.4. The number of carbonyl (C=O) groups is 2. The third-order valence-electron chi connectivity index (χ3n) is 4.36. The predicted octanol–water partition coefficient (Wildman–Crippen LogP) is 5.20. The number of carbonyl (C=O) groups excluding carboxylic acids is 2. The summed E-state index contributed by atoms with van der Waals surface area (Å²) >= 11 is 7.48. The van der Waals surface area contributed by atoms with Crippen molar-refractivity contribution in [2.45, 2.75) is 6.92 Å². The van der Waals surface area contributed by atoms with E-state index in [4.69, 9.17) is 16.3 Å². The number of halogens is 1.